The molecular formula is C14H14F3N3O2S. The normalized spacial score (nSPS) is 12.6. The van der Waals surface area contributed by atoms with E-state index < -0.39 is 32.5 Å². The summed E-state index contributed by atoms with van der Waals surface area (Å²) in [6, 6.07) is 5.40. The lowest BCUT2D eigenvalue weighted by atomic mass is 10.1. The first kappa shape index (κ1) is 17.2. The Morgan fingerprint density at radius 3 is 2.35 bits per heavy atom. The zero-order valence-corrected chi connectivity index (χ0v) is 13.1. The van der Waals surface area contributed by atoms with Gasteiger partial charge in [-0.2, -0.15) is 13.2 Å². The summed E-state index contributed by atoms with van der Waals surface area (Å²) in [5.41, 5.74) is 3.55. The second-order valence-electron chi connectivity index (χ2n) is 5.08. The summed E-state index contributed by atoms with van der Waals surface area (Å²) in [7, 11) is -3.80. The van der Waals surface area contributed by atoms with Crippen LogP contribution in [-0.2, 0) is 16.0 Å². The van der Waals surface area contributed by atoms with Crippen molar-refractivity contribution in [1.82, 2.24) is 9.97 Å². The first-order valence-corrected chi connectivity index (χ1v) is 8.12. The minimum absolute atomic E-state index is 0.150. The van der Waals surface area contributed by atoms with E-state index in [1.807, 2.05) is 0 Å². The van der Waals surface area contributed by atoms with Gasteiger partial charge in [0.2, 0.25) is 5.95 Å². The number of aromatic nitrogens is 2. The van der Waals surface area contributed by atoms with Crippen LogP contribution >= 0.6 is 0 Å². The number of anilines is 1. The van der Waals surface area contributed by atoms with Crippen molar-refractivity contribution in [3.05, 3.63) is 36.0 Å². The van der Waals surface area contributed by atoms with Crippen molar-refractivity contribution < 1.29 is 21.6 Å². The summed E-state index contributed by atoms with van der Waals surface area (Å²) in [4.78, 5) is 6.76. The molecule has 0 atom stereocenters. The number of nitrogen functional groups attached to an aromatic ring is 1. The summed E-state index contributed by atoms with van der Waals surface area (Å²) >= 11 is 0. The van der Waals surface area contributed by atoms with Crippen LogP contribution in [0.4, 0.5) is 19.1 Å². The van der Waals surface area contributed by atoms with E-state index in [0.29, 0.717) is 6.20 Å². The number of alkyl halides is 3. The van der Waals surface area contributed by atoms with Crippen LogP contribution < -0.4 is 5.73 Å². The van der Waals surface area contributed by atoms with Gasteiger partial charge >= 0.3 is 6.18 Å². The van der Waals surface area contributed by atoms with E-state index in [9.17, 15) is 21.6 Å². The zero-order valence-electron chi connectivity index (χ0n) is 12.3. The highest BCUT2D eigenvalue weighted by atomic mass is 32.2. The fourth-order valence-electron chi connectivity index (χ4n) is 1.97. The van der Waals surface area contributed by atoms with Gasteiger partial charge in [-0.05, 0) is 19.9 Å². The van der Waals surface area contributed by atoms with E-state index in [2.05, 4.69) is 9.97 Å². The summed E-state index contributed by atoms with van der Waals surface area (Å²) in [6.45, 7) is 2.90. The number of nitrogens with zero attached hydrogens (tertiary/aromatic N) is 2. The first-order valence-electron chi connectivity index (χ1n) is 6.58. The number of sulfone groups is 1. The van der Waals surface area contributed by atoms with E-state index in [4.69, 9.17) is 5.73 Å². The van der Waals surface area contributed by atoms with Gasteiger partial charge in [0.05, 0.1) is 15.8 Å². The van der Waals surface area contributed by atoms with E-state index in [0.717, 1.165) is 0 Å². The van der Waals surface area contributed by atoms with Crippen molar-refractivity contribution in [3.63, 3.8) is 0 Å². The second kappa shape index (κ2) is 5.80. The molecule has 9 heteroatoms. The third kappa shape index (κ3) is 3.29. The van der Waals surface area contributed by atoms with Gasteiger partial charge in [-0.1, -0.05) is 18.2 Å². The molecule has 0 aliphatic heterocycles. The molecule has 0 saturated heterocycles. The van der Waals surface area contributed by atoms with Gasteiger partial charge in [0.1, 0.15) is 5.56 Å². The lowest BCUT2D eigenvalue weighted by Crippen LogP contribution is -2.17. The fourth-order valence-corrected chi connectivity index (χ4v) is 3.22. The van der Waals surface area contributed by atoms with Gasteiger partial charge < -0.3 is 5.73 Å². The molecule has 1 heterocycles. The first-order chi connectivity index (χ1) is 10.5. The Hall–Kier alpha value is -2.16. The SMILES string of the molecule is CC(C)S(=O)(=O)c1ccccc1-c1nc(N)ncc1C(F)(F)F. The molecular weight excluding hydrogens is 331 g/mol. The van der Waals surface area contributed by atoms with Gasteiger partial charge in [0, 0.05) is 11.8 Å². The molecule has 124 valence electrons. The maximum absolute atomic E-state index is 13.2. The van der Waals surface area contributed by atoms with Crippen LogP contribution in [0.2, 0.25) is 0 Å². The number of hydrogen-bond donors (Lipinski definition) is 1. The number of hydrogen-bond acceptors (Lipinski definition) is 5. The molecule has 5 nitrogen and oxygen atoms in total. The average Bonchev–Trinajstić information content (AvgIpc) is 2.45. The molecule has 23 heavy (non-hydrogen) atoms. The molecule has 0 saturated carbocycles. The molecule has 0 aliphatic rings. The Bertz CT molecular complexity index is 833. The monoisotopic (exact) mass is 345 g/mol. The van der Waals surface area contributed by atoms with Gasteiger partial charge in [-0.25, -0.2) is 18.4 Å². The van der Waals surface area contributed by atoms with E-state index in [1.54, 1.807) is 0 Å². The number of benzene rings is 1. The second-order valence-corrected chi connectivity index (χ2v) is 7.55. The Kier molecular flexibility index (Phi) is 4.34. The Morgan fingerprint density at radius 1 is 1.17 bits per heavy atom. The third-order valence-electron chi connectivity index (χ3n) is 3.18. The molecule has 0 bridgehead atoms. The van der Waals surface area contributed by atoms with Crippen LogP contribution in [0.5, 0.6) is 0 Å². The highest BCUT2D eigenvalue weighted by Crippen LogP contribution is 2.38. The summed E-state index contributed by atoms with van der Waals surface area (Å²) < 4.78 is 64.4. The number of nitrogens with two attached hydrogens (primary N) is 1. The highest BCUT2D eigenvalue weighted by Gasteiger charge is 2.37. The van der Waals surface area contributed by atoms with Gasteiger partial charge in [-0.15, -0.1) is 0 Å². The van der Waals surface area contributed by atoms with Crippen LogP contribution in [0.15, 0.2) is 35.4 Å². The predicted octanol–water partition coefficient (Wildman–Crippen LogP) is 2.93. The van der Waals surface area contributed by atoms with Crippen molar-refractivity contribution >= 4 is 15.8 Å². The molecule has 0 fully saturated rings. The minimum Gasteiger partial charge on any atom is -0.368 e. The quantitative estimate of drug-likeness (QED) is 0.924. The molecule has 0 unspecified atom stereocenters. The topological polar surface area (TPSA) is 85.9 Å². The smallest absolute Gasteiger partial charge is 0.368 e. The van der Waals surface area contributed by atoms with Crippen molar-refractivity contribution in [2.45, 2.75) is 30.2 Å². The van der Waals surface area contributed by atoms with Gasteiger partial charge in [0.15, 0.2) is 9.84 Å². The molecule has 0 amide bonds. The number of halogens is 3. The summed E-state index contributed by atoms with van der Waals surface area (Å²) in [5.74, 6) is -0.371. The lowest BCUT2D eigenvalue weighted by molar-refractivity contribution is -0.137. The molecule has 2 rings (SSSR count). The van der Waals surface area contributed by atoms with Gasteiger partial charge in [-0.3, -0.25) is 0 Å². The molecule has 0 radical (unpaired) electrons. The standard InChI is InChI=1S/C14H14F3N3O2S/c1-8(2)23(21,22)11-6-4-3-5-9(11)12-10(14(15,16)17)7-19-13(18)20-12/h3-8H,1-2H3,(H2,18,19,20). The van der Waals surface area contributed by atoms with Crippen LogP contribution in [-0.4, -0.2) is 23.6 Å². The summed E-state index contributed by atoms with van der Waals surface area (Å²) in [5, 5.41) is -0.794. The summed E-state index contributed by atoms with van der Waals surface area (Å²) in [6.07, 6.45) is -4.19. The molecule has 2 N–H and O–H groups in total. The number of rotatable bonds is 3. The average molecular weight is 345 g/mol. The van der Waals surface area contributed by atoms with E-state index in [-0.39, 0.29) is 16.4 Å². The van der Waals surface area contributed by atoms with E-state index >= 15 is 0 Å². The molecule has 0 spiro atoms. The van der Waals surface area contributed by atoms with Crippen LogP contribution in [0.25, 0.3) is 11.3 Å². The largest absolute Gasteiger partial charge is 0.419 e. The van der Waals surface area contributed by atoms with Crippen LogP contribution in [0.3, 0.4) is 0 Å². The third-order valence-corrected chi connectivity index (χ3v) is 5.39. The maximum atomic E-state index is 13.2. The molecule has 0 aliphatic carbocycles. The van der Waals surface area contributed by atoms with Gasteiger partial charge in [0.25, 0.3) is 0 Å². The van der Waals surface area contributed by atoms with Crippen molar-refractivity contribution in [2.75, 3.05) is 5.73 Å². The minimum atomic E-state index is -4.74. The Morgan fingerprint density at radius 2 is 1.78 bits per heavy atom. The molecule has 1 aromatic carbocycles. The molecule has 2 aromatic rings. The van der Waals surface area contributed by atoms with E-state index in [1.165, 1.54) is 38.1 Å². The molecule has 1 aromatic heterocycles. The highest BCUT2D eigenvalue weighted by molar-refractivity contribution is 7.92. The van der Waals surface area contributed by atoms with Crippen molar-refractivity contribution in [2.24, 2.45) is 0 Å². The fraction of sp³-hybridized carbons (Fsp3) is 0.286. The lowest BCUT2D eigenvalue weighted by Gasteiger charge is -2.16. The van der Waals surface area contributed by atoms with Crippen LogP contribution in [0.1, 0.15) is 19.4 Å². The van der Waals surface area contributed by atoms with Crippen molar-refractivity contribution in [3.8, 4) is 11.3 Å². The maximum Gasteiger partial charge on any atom is 0.419 e. The Balaban J connectivity index is 2.82. The Labute approximate surface area is 131 Å². The van der Waals surface area contributed by atoms with Crippen LogP contribution in [0, 0.1) is 0 Å². The predicted molar refractivity (Wildman–Crippen MR) is 79.2 cm³/mol. The van der Waals surface area contributed by atoms with Crippen molar-refractivity contribution in [1.29, 1.82) is 0 Å². The zero-order chi connectivity index (χ0) is 17.4.